The highest BCUT2D eigenvalue weighted by molar-refractivity contribution is 5.94. The average molecular weight is 319 g/mol. The van der Waals surface area contributed by atoms with Crippen LogP contribution in [-0.4, -0.2) is 34.6 Å². The third-order valence-corrected chi connectivity index (χ3v) is 3.45. The van der Waals surface area contributed by atoms with Crippen LogP contribution in [0.5, 0.6) is 0 Å². The topological polar surface area (TPSA) is 56.2 Å². The second-order valence-corrected chi connectivity index (χ2v) is 6.43. The highest BCUT2D eigenvalue weighted by Crippen LogP contribution is 2.26. The Morgan fingerprint density at radius 3 is 2.64 bits per heavy atom. The quantitative estimate of drug-likeness (QED) is 0.932. The Bertz CT molecular complexity index is 541. The summed E-state index contributed by atoms with van der Waals surface area (Å²) in [6.45, 7) is 6.68. The van der Waals surface area contributed by atoms with Crippen molar-refractivity contribution in [2.75, 3.05) is 11.9 Å². The number of anilines is 1. The maximum Gasteiger partial charge on any atom is 0.471 e. The summed E-state index contributed by atoms with van der Waals surface area (Å²) in [5, 5.41) is 6.23. The summed E-state index contributed by atoms with van der Waals surface area (Å²) < 4.78 is 44.2. The third kappa shape index (κ3) is 4.00. The van der Waals surface area contributed by atoms with Gasteiger partial charge < -0.3 is 10.1 Å². The fourth-order valence-corrected chi connectivity index (χ4v) is 2.19. The summed E-state index contributed by atoms with van der Waals surface area (Å²) in [5.41, 5.74) is 0.280. The molecule has 0 aliphatic carbocycles. The molecule has 124 valence electrons. The lowest BCUT2D eigenvalue weighted by Crippen LogP contribution is -2.31. The Balaban J connectivity index is 2.24. The van der Waals surface area contributed by atoms with Crippen LogP contribution in [0.4, 0.5) is 19.0 Å². The maximum absolute atomic E-state index is 12.4. The molecule has 22 heavy (non-hydrogen) atoms. The minimum absolute atomic E-state index is 0.0442. The molecule has 0 saturated carbocycles. The first kappa shape index (κ1) is 16.8. The minimum Gasteiger partial charge on any atom is -0.376 e. The average Bonchev–Trinajstić information content (AvgIpc) is 2.98. The molecule has 2 rings (SSSR count). The van der Waals surface area contributed by atoms with Crippen molar-refractivity contribution in [1.82, 2.24) is 9.78 Å². The molecular formula is C14H20F3N3O2. The molecule has 0 spiro atoms. The molecule has 0 radical (unpaired) electrons. The second-order valence-electron chi connectivity index (χ2n) is 6.43. The molecule has 8 heteroatoms. The Kier molecular flexibility index (Phi) is 4.51. The van der Waals surface area contributed by atoms with Gasteiger partial charge >= 0.3 is 12.1 Å². The molecule has 5 nitrogen and oxygen atoms in total. The van der Waals surface area contributed by atoms with Crippen molar-refractivity contribution < 1.29 is 22.7 Å². The first-order valence-electron chi connectivity index (χ1n) is 7.15. The molecule has 1 aliphatic rings. The number of carbonyl (C=O) groups excluding carboxylic acids is 1. The van der Waals surface area contributed by atoms with E-state index in [1.807, 2.05) is 26.1 Å². The van der Waals surface area contributed by atoms with Gasteiger partial charge in [0.2, 0.25) is 0 Å². The molecule has 1 aliphatic heterocycles. The molecule has 1 amide bonds. The first-order chi connectivity index (χ1) is 10.1. The lowest BCUT2D eigenvalue weighted by atomic mass is 9.92. The van der Waals surface area contributed by atoms with Gasteiger partial charge in [0.25, 0.3) is 0 Å². The van der Waals surface area contributed by atoms with E-state index < -0.39 is 12.1 Å². The van der Waals surface area contributed by atoms with Crippen LogP contribution in [0.3, 0.4) is 0 Å². The predicted octanol–water partition coefficient (Wildman–Crippen LogP) is 2.86. The highest BCUT2D eigenvalue weighted by atomic mass is 19.4. The Morgan fingerprint density at radius 1 is 1.45 bits per heavy atom. The standard InChI is InChI=1S/C14H20F3N3O2/c1-13(2,3)10-7-11(18-12(21)14(15,16)17)20(19-10)8-9-5-4-6-22-9/h7,9H,4-6,8H2,1-3H3,(H,18,21). The second kappa shape index (κ2) is 5.91. The van der Waals surface area contributed by atoms with E-state index in [1.165, 1.54) is 10.7 Å². The summed E-state index contributed by atoms with van der Waals surface area (Å²) in [5.74, 6) is -1.95. The largest absolute Gasteiger partial charge is 0.471 e. The van der Waals surface area contributed by atoms with Crippen molar-refractivity contribution >= 4 is 11.7 Å². The number of ether oxygens (including phenoxy) is 1. The number of hydrogen-bond donors (Lipinski definition) is 1. The van der Waals surface area contributed by atoms with Gasteiger partial charge in [-0.2, -0.15) is 18.3 Å². The zero-order valence-corrected chi connectivity index (χ0v) is 12.8. The van der Waals surface area contributed by atoms with Gasteiger partial charge in [0.1, 0.15) is 5.82 Å². The number of alkyl halides is 3. The molecule has 2 heterocycles. The predicted molar refractivity (Wildman–Crippen MR) is 74.6 cm³/mol. The molecule has 1 saturated heterocycles. The van der Waals surface area contributed by atoms with Crippen molar-refractivity contribution in [3.8, 4) is 0 Å². The number of aromatic nitrogens is 2. The first-order valence-corrected chi connectivity index (χ1v) is 7.15. The van der Waals surface area contributed by atoms with Crippen LogP contribution in [0, 0.1) is 0 Å². The molecule has 1 atom stereocenters. The van der Waals surface area contributed by atoms with Crippen molar-refractivity contribution in [3.63, 3.8) is 0 Å². The van der Waals surface area contributed by atoms with Crippen molar-refractivity contribution in [2.24, 2.45) is 0 Å². The van der Waals surface area contributed by atoms with Crippen LogP contribution >= 0.6 is 0 Å². The molecule has 1 aromatic rings. The lowest BCUT2D eigenvalue weighted by Gasteiger charge is -2.15. The lowest BCUT2D eigenvalue weighted by molar-refractivity contribution is -0.167. The fourth-order valence-electron chi connectivity index (χ4n) is 2.19. The van der Waals surface area contributed by atoms with Gasteiger partial charge in [0.15, 0.2) is 0 Å². The van der Waals surface area contributed by atoms with E-state index in [2.05, 4.69) is 5.10 Å². The van der Waals surface area contributed by atoms with Gasteiger partial charge in [-0.15, -0.1) is 0 Å². The number of halogens is 3. The van der Waals surface area contributed by atoms with Crippen LogP contribution in [0.2, 0.25) is 0 Å². The number of amides is 1. The van der Waals surface area contributed by atoms with Crippen LogP contribution in [0.15, 0.2) is 6.07 Å². The zero-order chi connectivity index (χ0) is 16.5. The summed E-state index contributed by atoms with van der Waals surface area (Å²) in [6, 6.07) is 1.48. The van der Waals surface area contributed by atoms with Gasteiger partial charge in [-0.05, 0) is 12.8 Å². The van der Waals surface area contributed by atoms with Crippen LogP contribution in [0.1, 0.15) is 39.3 Å². The van der Waals surface area contributed by atoms with E-state index in [0.717, 1.165) is 12.8 Å². The molecule has 1 unspecified atom stereocenters. The number of nitrogens with zero attached hydrogens (tertiary/aromatic N) is 2. The van der Waals surface area contributed by atoms with Crippen molar-refractivity contribution in [1.29, 1.82) is 0 Å². The SMILES string of the molecule is CC(C)(C)c1cc(NC(=O)C(F)(F)F)n(CC2CCCO2)n1. The monoisotopic (exact) mass is 319 g/mol. The van der Waals surface area contributed by atoms with Gasteiger partial charge in [0.05, 0.1) is 18.3 Å². The molecular weight excluding hydrogens is 299 g/mol. The van der Waals surface area contributed by atoms with Crippen LogP contribution < -0.4 is 5.32 Å². The Morgan fingerprint density at radius 2 is 2.14 bits per heavy atom. The number of nitrogens with one attached hydrogen (secondary N) is 1. The number of carbonyl (C=O) groups is 1. The van der Waals surface area contributed by atoms with Gasteiger partial charge in [-0.1, -0.05) is 20.8 Å². The summed E-state index contributed by atoms with van der Waals surface area (Å²) in [6.07, 6.45) is -3.27. The highest BCUT2D eigenvalue weighted by Gasteiger charge is 2.39. The molecule has 1 N–H and O–H groups in total. The minimum atomic E-state index is -4.93. The summed E-state index contributed by atoms with van der Waals surface area (Å²) in [4.78, 5) is 11.2. The van der Waals surface area contributed by atoms with E-state index in [-0.39, 0.29) is 17.3 Å². The van der Waals surface area contributed by atoms with E-state index in [0.29, 0.717) is 18.8 Å². The molecule has 0 aromatic carbocycles. The molecule has 0 bridgehead atoms. The fraction of sp³-hybridized carbons (Fsp3) is 0.714. The summed E-state index contributed by atoms with van der Waals surface area (Å²) >= 11 is 0. The van der Waals surface area contributed by atoms with Crippen LogP contribution in [0.25, 0.3) is 0 Å². The zero-order valence-electron chi connectivity index (χ0n) is 12.8. The van der Waals surface area contributed by atoms with Crippen molar-refractivity contribution in [3.05, 3.63) is 11.8 Å². The normalized spacial score (nSPS) is 19.5. The van der Waals surface area contributed by atoms with Crippen LogP contribution in [-0.2, 0) is 21.5 Å². The van der Waals surface area contributed by atoms with E-state index >= 15 is 0 Å². The molecule has 1 aromatic heterocycles. The number of rotatable bonds is 3. The smallest absolute Gasteiger partial charge is 0.376 e. The summed E-state index contributed by atoms with van der Waals surface area (Å²) in [7, 11) is 0. The van der Waals surface area contributed by atoms with Gasteiger partial charge in [-0.3, -0.25) is 4.79 Å². The van der Waals surface area contributed by atoms with Crippen molar-refractivity contribution in [2.45, 2.75) is 57.9 Å². The molecule has 1 fully saturated rings. The number of hydrogen-bond acceptors (Lipinski definition) is 3. The van der Waals surface area contributed by atoms with E-state index in [9.17, 15) is 18.0 Å². The Labute approximate surface area is 126 Å². The van der Waals surface area contributed by atoms with Gasteiger partial charge in [-0.25, -0.2) is 4.68 Å². The maximum atomic E-state index is 12.4. The van der Waals surface area contributed by atoms with E-state index in [4.69, 9.17) is 4.74 Å². The Hall–Kier alpha value is -1.57. The van der Waals surface area contributed by atoms with Gasteiger partial charge in [0, 0.05) is 18.1 Å². The van der Waals surface area contributed by atoms with E-state index in [1.54, 1.807) is 0 Å². The third-order valence-electron chi connectivity index (χ3n) is 3.45.